The Morgan fingerprint density at radius 2 is 1.93 bits per heavy atom. The average Bonchev–Trinajstić information content (AvgIpc) is 2.49. The van der Waals surface area contributed by atoms with Crippen molar-refractivity contribution in [3.05, 3.63) is 0 Å². The Morgan fingerprint density at radius 3 is 2.53 bits per heavy atom. The van der Waals surface area contributed by atoms with Gasteiger partial charge < -0.3 is 5.73 Å². The average molecular weight is 228 g/mol. The van der Waals surface area contributed by atoms with Crippen molar-refractivity contribution in [3.8, 4) is 0 Å². The summed E-state index contributed by atoms with van der Waals surface area (Å²) in [4.78, 5) is 2.59. The SMILES string of the molecule is CC1(C)CN(CC2(N)CCCC2)CCS1. The van der Waals surface area contributed by atoms with Crippen LogP contribution in [0.25, 0.3) is 0 Å². The molecule has 1 saturated carbocycles. The second kappa shape index (κ2) is 4.27. The first-order valence-electron chi connectivity index (χ1n) is 6.14. The summed E-state index contributed by atoms with van der Waals surface area (Å²) in [7, 11) is 0. The largest absolute Gasteiger partial charge is 0.324 e. The van der Waals surface area contributed by atoms with Gasteiger partial charge in [-0.2, -0.15) is 11.8 Å². The third kappa shape index (κ3) is 3.11. The molecule has 0 spiro atoms. The normalized spacial score (nSPS) is 30.6. The molecule has 0 amide bonds. The number of rotatable bonds is 2. The summed E-state index contributed by atoms with van der Waals surface area (Å²) < 4.78 is 0.424. The fraction of sp³-hybridized carbons (Fsp3) is 1.00. The first kappa shape index (κ1) is 11.7. The third-order valence-corrected chi connectivity index (χ3v) is 4.94. The number of nitrogens with zero attached hydrogens (tertiary/aromatic N) is 1. The highest BCUT2D eigenvalue weighted by Gasteiger charge is 2.34. The fourth-order valence-corrected chi connectivity index (χ4v) is 4.11. The number of hydrogen-bond donors (Lipinski definition) is 1. The number of nitrogens with two attached hydrogens (primary N) is 1. The lowest BCUT2D eigenvalue weighted by Crippen LogP contribution is -2.53. The van der Waals surface area contributed by atoms with Crippen LogP contribution in [0.5, 0.6) is 0 Å². The molecule has 2 N–H and O–H groups in total. The minimum atomic E-state index is 0.137. The van der Waals surface area contributed by atoms with Crippen LogP contribution in [-0.2, 0) is 0 Å². The molecule has 0 unspecified atom stereocenters. The van der Waals surface area contributed by atoms with Gasteiger partial charge in [-0.1, -0.05) is 12.8 Å². The van der Waals surface area contributed by atoms with Crippen molar-refractivity contribution in [2.24, 2.45) is 5.73 Å². The molecular formula is C12H24N2S. The maximum Gasteiger partial charge on any atom is 0.0283 e. The van der Waals surface area contributed by atoms with E-state index in [4.69, 9.17) is 5.73 Å². The molecule has 15 heavy (non-hydrogen) atoms. The van der Waals surface area contributed by atoms with Gasteiger partial charge in [0.25, 0.3) is 0 Å². The molecular weight excluding hydrogens is 204 g/mol. The van der Waals surface area contributed by atoms with Crippen LogP contribution in [0.15, 0.2) is 0 Å². The number of hydrogen-bond acceptors (Lipinski definition) is 3. The molecule has 2 rings (SSSR count). The zero-order valence-corrected chi connectivity index (χ0v) is 10.9. The fourth-order valence-electron chi connectivity index (χ4n) is 2.93. The van der Waals surface area contributed by atoms with E-state index in [-0.39, 0.29) is 5.54 Å². The van der Waals surface area contributed by atoms with Gasteiger partial charge in [-0.05, 0) is 26.7 Å². The van der Waals surface area contributed by atoms with Crippen LogP contribution < -0.4 is 5.73 Å². The Kier molecular flexibility index (Phi) is 3.34. The highest BCUT2D eigenvalue weighted by molar-refractivity contribution is 8.00. The molecule has 0 atom stereocenters. The minimum absolute atomic E-state index is 0.137. The van der Waals surface area contributed by atoms with Gasteiger partial charge >= 0.3 is 0 Å². The molecule has 1 saturated heterocycles. The van der Waals surface area contributed by atoms with Crippen LogP contribution in [0.1, 0.15) is 39.5 Å². The first-order chi connectivity index (χ1) is 6.99. The quantitative estimate of drug-likeness (QED) is 0.785. The summed E-state index contributed by atoms with van der Waals surface area (Å²) in [5, 5.41) is 0. The highest BCUT2D eigenvalue weighted by atomic mass is 32.2. The van der Waals surface area contributed by atoms with Gasteiger partial charge in [0.05, 0.1) is 0 Å². The summed E-state index contributed by atoms with van der Waals surface area (Å²) in [5.74, 6) is 1.27. The Labute approximate surface area is 98.0 Å². The van der Waals surface area contributed by atoms with Crippen molar-refractivity contribution in [2.45, 2.75) is 49.8 Å². The second-order valence-electron chi connectivity index (χ2n) is 5.89. The molecule has 0 aromatic carbocycles. The van der Waals surface area contributed by atoms with Gasteiger partial charge in [-0.15, -0.1) is 0 Å². The van der Waals surface area contributed by atoms with E-state index in [2.05, 4.69) is 30.5 Å². The van der Waals surface area contributed by atoms with Gasteiger partial charge in [0.2, 0.25) is 0 Å². The van der Waals surface area contributed by atoms with Gasteiger partial charge in [-0.25, -0.2) is 0 Å². The summed E-state index contributed by atoms with van der Waals surface area (Å²) in [5.41, 5.74) is 6.57. The van der Waals surface area contributed by atoms with Crippen LogP contribution in [-0.4, -0.2) is 40.6 Å². The third-order valence-electron chi connectivity index (χ3n) is 3.64. The van der Waals surface area contributed by atoms with Crippen molar-refractivity contribution in [3.63, 3.8) is 0 Å². The number of thioether (sulfide) groups is 1. The predicted molar refractivity (Wildman–Crippen MR) is 68.4 cm³/mol. The standard InChI is InChI=1S/C12H24N2S/c1-11(2)9-14(7-8-15-11)10-12(13)5-3-4-6-12/h3-10,13H2,1-2H3. The molecule has 0 radical (unpaired) electrons. The molecule has 1 aliphatic heterocycles. The van der Waals surface area contributed by atoms with E-state index < -0.39 is 0 Å². The smallest absolute Gasteiger partial charge is 0.0283 e. The van der Waals surface area contributed by atoms with Crippen LogP contribution in [0.2, 0.25) is 0 Å². The maximum atomic E-state index is 6.43. The Balaban J connectivity index is 1.88. The van der Waals surface area contributed by atoms with Gasteiger partial charge in [0, 0.05) is 35.7 Å². The lowest BCUT2D eigenvalue weighted by Gasteiger charge is -2.41. The molecule has 0 aromatic heterocycles. The van der Waals surface area contributed by atoms with Crippen molar-refractivity contribution in [2.75, 3.05) is 25.4 Å². The van der Waals surface area contributed by atoms with E-state index in [1.54, 1.807) is 0 Å². The van der Waals surface area contributed by atoms with Gasteiger partial charge in [0.1, 0.15) is 0 Å². The highest BCUT2D eigenvalue weighted by Crippen LogP contribution is 2.33. The summed E-state index contributed by atoms with van der Waals surface area (Å²) in [6.45, 7) is 8.25. The Hall–Kier alpha value is 0.270. The predicted octanol–water partition coefficient (Wildman–Crippen LogP) is 2.09. The van der Waals surface area contributed by atoms with Crippen molar-refractivity contribution >= 4 is 11.8 Å². The molecule has 2 fully saturated rings. The van der Waals surface area contributed by atoms with Crippen LogP contribution in [0.3, 0.4) is 0 Å². The Morgan fingerprint density at radius 1 is 1.27 bits per heavy atom. The van der Waals surface area contributed by atoms with Crippen molar-refractivity contribution in [1.29, 1.82) is 0 Å². The summed E-state index contributed by atoms with van der Waals surface area (Å²) >= 11 is 2.10. The molecule has 0 aromatic rings. The maximum absolute atomic E-state index is 6.43. The van der Waals surface area contributed by atoms with E-state index in [1.165, 1.54) is 44.5 Å². The van der Waals surface area contributed by atoms with Crippen LogP contribution in [0.4, 0.5) is 0 Å². The lowest BCUT2D eigenvalue weighted by molar-refractivity contribution is 0.201. The molecule has 1 heterocycles. The molecule has 3 heteroatoms. The molecule has 88 valence electrons. The topological polar surface area (TPSA) is 29.3 Å². The first-order valence-corrected chi connectivity index (χ1v) is 7.13. The van der Waals surface area contributed by atoms with Crippen molar-refractivity contribution < 1.29 is 0 Å². The van der Waals surface area contributed by atoms with Crippen molar-refractivity contribution in [1.82, 2.24) is 4.90 Å². The monoisotopic (exact) mass is 228 g/mol. The van der Waals surface area contributed by atoms with Crippen LogP contribution >= 0.6 is 11.8 Å². The summed E-state index contributed by atoms with van der Waals surface area (Å²) in [6, 6.07) is 0. The molecule has 0 bridgehead atoms. The van der Waals surface area contributed by atoms with E-state index in [0.29, 0.717) is 4.75 Å². The molecule has 2 aliphatic rings. The second-order valence-corrected chi connectivity index (χ2v) is 7.69. The van der Waals surface area contributed by atoms with Gasteiger partial charge in [-0.3, -0.25) is 4.90 Å². The van der Waals surface area contributed by atoms with E-state index >= 15 is 0 Å². The van der Waals surface area contributed by atoms with E-state index in [0.717, 1.165) is 6.54 Å². The molecule has 2 nitrogen and oxygen atoms in total. The van der Waals surface area contributed by atoms with E-state index in [9.17, 15) is 0 Å². The van der Waals surface area contributed by atoms with Gasteiger partial charge in [0.15, 0.2) is 0 Å². The zero-order chi connectivity index (χ0) is 10.9. The molecule has 1 aliphatic carbocycles. The zero-order valence-electron chi connectivity index (χ0n) is 10.1. The minimum Gasteiger partial charge on any atom is -0.324 e. The van der Waals surface area contributed by atoms with E-state index in [1.807, 2.05) is 0 Å². The lowest BCUT2D eigenvalue weighted by atomic mass is 9.98. The Bertz CT molecular complexity index is 222. The summed E-state index contributed by atoms with van der Waals surface area (Å²) in [6.07, 6.45) is 5.14. The van der Waals surface area contributed by atoms with Crippen LogP contribution in [0, 0.1) is 0 Å².